The van der Waals surface area contributed by atoms with Crippen molar-refractivity contribution in [1.82, 2.24) is 0 Å². The molecule has 0 radical (unpaired) electrons. The highest BCUT2D eigenvalue weighted by Gasteiger charge is 2.24. The van der Waals surface area contributed by atoms with E-state index >= 15 is 0 Å². The number of hydrogen-bond acceptors (Lipinski definition) is 9. The van der Waals surface area contributed by atoms with Crippen molar-refractivity contribution in [3.63, 3.8) is 0 Å². The van der Waals surface area contributed by atoms with E-state index in [0.717, 1.165) is 68.2 Å². The van der Waals surface area contributed by atoms with E-state index in [2.05, 4.69) is 37.4 Å². The first-order valence-corrected chi connectivity index (χ1v) is 19.2. The van der Waals surface area contributed by atoms with Gasteiger partial charge in [0.15, 0.2) is 35.6 Å². The zero-order chi connectivity index (χ0) is 41.8. The van der Waals surface area contributed by atoms with Crippen molar-refractivity contribution in [2.45, 2.75) is 54.8 Å². The molecule has 9 heteroatoms. The van der Waals surface area contributed by atoms with Crippen LogP contribution in [0.15, 0.2) is 92.0 Å². The highest BCUT2D eigenvalue weighted by molar-refractivity contribution is 5.89. The maximum Gasteiger partial charge on any atom is 0.172 e. The van der Waals surface area contributed by atoms with Gasteiger partial charge in [-0.05, 0) is 124 Å². The molecule has 0 aliphatic rings. The Kier molecular flexibility index (Phi) is 14.8. The Morgan fingerprint density at radius 1 is 0.500 bits per heavy atom. The molecule has 5 rings (SSSR count). The van der Waals surface area contributed by atoms with Gasteiger partial charge in [-0.3, -0.25) is 9.59 Å². The second kappa shape index (κ2) is 20.1. The van der Waals surface area contributed by atoms with Crippen LogP contribution in [0.2, 0.25) is 0 Å². The van der Waals surface area contributed by atoms with Crippen LogP contribution in [0.4, 0.5) is 0 Å². The first kappa shape index (κ1) is 42.7. The van der Waals surface area contributed by atoms with Crippen LogP contribution in [0.25, 0.3) is 22.3 Å². The van der Waals surface area contributed by atoms with E-state index in [9.17, 15) is 9.59 Å². The molecule has 0 unspecified atom stereocenters. The zero-order valence-electron chi connectivity index (χ0n) is 34.5. The lowest BCUT2D eigenvalue weighted by atomic mass is 9.90. The fraction of sp³-hybridized carbons (Fsp3) is 0.265. The fourth-order valence-corrected chi connectivity index (χ4v) is 6.94. The van der Waals surface area contributed by atoms with Crippen molar-refractivity contribution >= 4 is 12.6 Å². The number of methoxy groups -OCH3 is 1. The molecule has 0 fully saturated rings. The summed E-state index contributed by atoms with van der Waals surface area (Å²) in [6, 6.07) is 21.3. The maximum absolute atomic E-state index is 12.0. The molecule has 0 amide bonds. The standard InChI is InChI=1S/C49H52O9/c1-10-17-55-47-35(27-50)15-14-16-43(47)57-29-37-20-31(5)22-39(45(37)53-12-3)41-24-34(8)25-42(49(41)52-9)40-23-32(6)21-38(46(40)54-13-4)30-58-44-26-33(7)19-36(28-51)48(44)56-18-11-2/h10-11,14-16,19-28H,1-2,12-13,17-18,29-30H2,3-9H3. The van der Waals surface area contributed by atoms with E-state index in [1.807, 2.05) is 59.7 Å². The average Bonchev–Trinajstić information content (AvgIpc) is 3.21. The molecule has 5 aromatic rings. The third-order valence-corrected chi connectivity index (χ3v) is 9.16. The third kappa shape index (κ3) is 9.72. The Labute approximate surface area is 341 Å². The SMILES string of the molecule is C=CCOc1c(C=O)cccc1OCc1cc(C)cc(-c2cc(C)cc(-c3cc(C)cc(COc4cc(C)cc(C=O)c4OCC=C)c3OCC)c2OC)c1OCC. The van der Waals surface area contributed by atoms with E-state index in [0.29, 0.717) is 64.6 Å². The van der Waals surface area contributed by atoms with Gasteiger partial charge < -0.3 is 33.2 Å². The van der Waals surface area contributed by atoms with Gasteiger partial charge in [-0.2, -0.15) is 0 Å². The maximum atomic E-state index is 12.0. The molecule has 0 aliphatic carbocycles. The first-order valence-electron chi connectivity index (χ1n) is 19.2. The van der Waals surface area contributed by atoms with Gasteiger partial charge in [0.25, 0.3) is 0 Å². The van der Waals surface area contributed by atoms with Crippen LogP contribution < -0.4 is 33.2 Å². The smallest absolute Gasteiger partial charge is 0.172 e. The molecule has 0 atom stereocenters. The number of carbonyl (C=O) groups excluding carboxylic acids is 2. The molecule has 58 heavy (non-hydrogen) atoms. The number of aldehydes is 2. The number of carbonyl (C=O) groups is 2. The summed E-state index contributed by atoms with van der Waals surface area (Å²) in [6.45, 7) is 20.9. The molecule has 0 N–H and O–H groups in total. The van der Waals surface area contributed by atoms with Crippen molar-refractivity contribution in [3.8, 4) is 62.5 Å². The lowest BCUT2D eigenvalue weighted by Crippen LogP contribution is -2.07. The second-order valence-electron chi connectivity index (χ2n) is 13.7. The van der Waals surface area contributed by atoms with Crippen molar-refractivity contribution in [3.05, 3.63) is 137 Å². The van der Waals surface area contributed by atoms with Crippen LogP contribution in [0.3, 0.4) is 0 Å². The Balaban J connectivity index is 1.62. The van der Waals surface area contributed by atoms with Gasteiger partial charge >= 0.3 is 0 Å². The van der Waals surface area contributed by atoms with Gasteiger partial charge in [-0.25, -0.2) is 0 Å². The van der Waals surface area contributed by atoms with Gasteiger partial charge in [0.2, 0.25) is 0 Å². The van der Waals surface area contributed by atoms with Crippen molar-refractivity contribution in [1.29, 1.82) is 0 Å². The summed E-state index contributed by atoms with van der Waals surface area (Å²) in [4.78, 5) is 23.9. The molecule has 0 saturated carbocycles. The number of para-hydroxylation sites is 1. The van der Waals surface area contributed by atoms with Crippen LogP contribution in [-0.2, 0) is 13.2 Å². The Bertz CT molecular complexity index is 2290. The number of aryl methyl sites for hydroxylation is 4. The van der Waals surface area contributed by atoms with E-state index in [4.69, 9.17) is 33.2 Å². The summed E-state index contributed by atoms with van der Waals surface area (Å²) in [5.41, 5.74) is 9.56. The summed E-state index contributed by atoms with van der Waals surface area (Å²) < 4.78 is 43.7. The quantitative estimate of drug-likeness (QED) is 0.0532. The van der Waals surface area contributed by atoms with Crippen LogP contribution >= 0.6 is 0 Å². The van der Waals surface area contributed by atoms with Gasteiger partial charge in [0, 0.05) is 33.4 Å². The van der Waals surface area contributed by atoms with E-state index in [1.165, 1.54) is 0 Å². The normalized spacial score (nSPS) is 10.7. The molecule has 302 valence electrons. The zero-order valence-corrected chi connectivity index (χ0v) is 34.5. The predicted molar refractivity (Wildman–Crippen MR) is 229 cm³/mol. The Morgan fingerprint density at radius 3 is 1.41 bits per heavy atom. The number of benzene rings is 5. The van der Waals surface area contributed by atoms with Gasteiger partial charge in [-0.1, -0.05) is 31.4 Å². The van der Waals surface area contributed by atoms with Crippen LogP contribution in [0.5, 0.6) is 40.2 Å². The van der Waals surface area contributed by atoms with E-state index < -0.39 is 0 Å². The summed E-state index contributed by atoms with van der Waals surface area (Å²) in [5, 5.41) is 0. The minimum absolute atomic E-state index is 0.142. The van der Waals surface area contributed by atoms with Crippen molar-refractivity contribution < 1.29 is 42.7 Å². The lowest BCUT2D eigenvalue weighted by Gasteiger charge is -2.23. The molecule has 0 saturated heterocycles. The van der Waals surface area contributed by atoms with Gasteiger partial charge in [0.05, 0.1) is 31.5 Å². The molecular formula is C49H52O9. The van der Waals surface area contributed by atoms with Crippen molar-refractivity contribution in [2.75, 3.05) is 33.5 Å². The average molecular weight is 785 g/mol. The molecular weight excluding hydrogens is 733 g/mol. The fourth-order valence-electron chi connectivity index (χ4n) is 6.94. The Hall–Kier alpha value is -6.48. The number of rotatable bonds is 21. The largest absolute Gasteiger partial charge is 0.495 e. The number of ether oxygens (including phenoxy) is 7. The Morgan fingerprint density at radius 2 is 0.948 bits per heavy atom. The molecule has 5 aromatic carbocycles. The molecule has 0 aromatic heterocycles. The lowest BCUT2D eigenvalue weighted by molar-refractivity contribution is 0.111. The summed E-state index contributed by atoms with van der Waals surface area (Å²) >= 11 is 0. The third-order valence-electron chi connectivity index (χ3n) is 9.16. The summed E-state index contributed by atoms with van der Waals surface area (Å²) in [5.74, 6) is 3.53. The minimum Gasteiger partial charge on any atom is -0.495 e. The molecule has 9 nitrogen and oxygen atoms in total. The van der Waals surface area contributed by atoms with Crippen molar-refractivity contribution in [2.24, 2.45) is 0 Å². The molecule has 0 bridgehead atoms. The van der Waals surface area contributed by atoms with Crippen LogP contribution in [0, 0.1) is 27.7 Å². The second-order valence-corrected chi connectivity index (χ2v) is 13.7. The number of hydrogen-bond donors (Lipinski definition) is 0. The summed E-state index contributed by atoms with van der Waals surface area (Å²) in [7, 11) is 1.66. The van der Waals surface area contributed by atoms with Crippen LogP contribution in [0.1, 0.15) is 67.9 Å². The first-order chi connectivity index (χ1) is 28.1. The van der Waals surface area contributed by atoms with Gasteiger partial charge in [-0.15, -0.1) is 0 Å². The summed E-state index contributed by atoms with van der Waals surface area (Å²) in [6.07, 6.45) is 4.75. The molecule has 0 aliphatic heterocycles. The highest BCUT2D eigenvalue weighted by Crippen LogP contribution is 2.48. The predicted octanol–water partition coefficient (Wildman–Crippen LogP) is 11.0. The topological polar surface area (TPSA) is 98.8 Å². The minimum atomic E-state index is 0.142. The highest BCUT2D eigenvalue weighted by atomic mass is 16.5. The van der Waals surface area contributed by atoms with Gasteiger partial charge in [0.1, 0.15) is 43.7 Å². The monoisotopic (exact) mass is 784 g/mol. The van der Waals surface area contributed by atoms with E-state index in [1.54, 1.807) is 43.5 Å². The van der Waals surface area contributed by atoms with E-state index in [-0.39, 0.29) is 26.4 Å². The molecule has 0 spiro atoms. The molecule has 0 heterocycles. The van der Waals surface area contributed by atoms with Crippen LogP contribution in [-0.4, -0.2) is 46.1 Å².